The summed E-state index contributed by atoms with van der Waals surface area (Å²) in [5.74, 6) is -0.0878. The molecule has 5 nitrogen and oxygen atoms in total. The molecular formula is C15H20N4O. The van der Waals surface area contributed by atoms with Crippen LogP contribution in [0.25, 0.3) is 0 Å². The van der Waals surface area contributed by atoms with Gasteiger partial charge in [-0.05, 0) is 43.2 Å². The zero-order valence-electron chi connectivity index (χ0n) is 11.9. The number of amides is 1. The van der Waals surface area contributed by atoms with Gasteiger partial charge >= 0.3 is 0 Å². The number of nitrogens with two attached hydrogens (primary N) is 1. The molecule has 0 saturated heterocycles. The summed E-state index contributed by atoms with van der Waals surface area (Å²) in [6.45, 7) is 4.35. The molecule has 5 heteroatoms. The Morgan fingerprint density at radius 2 is 1.95 bits per heavy atom. The first-order valence-corrected chi connectivity index (χ1v) is 6.83. The van der Waals surface area contributed by atoms with Crippen molar-refractivity contribution in [3.05, 3.63) is 41.7 Å². The first-order valence-electron chi connectivity index (χ1n) is 6.83. The lowest BCUT2D eigenvalue weighted by Gasteiger charge is -2.07. The van der Waals surface area contributed by atoms with Crippen LogP contribution in [0.5, 0.6) is 0 Å². The van der Waals surface area contributed by atoms with Gasteiger partial charge in [0.05, 0.1) is 5.69 Å². The standard InChI is InChI=1S/C15H20N4O/c1-3-12-9-14(4-2)19(18-12)10-15(20)17-13-7-5-11(16)6-8-13/h5-9H,3-4,10,16H2,1-2H3,(H,17,20). The minimum absolute atomic E-state index is 0.0878. The monoisotopic (exact) mass is 272 g/mol. The Labute approximate surface area is 118 Å². The van der Waals surface area contributed by atoms with Gasteiger partial charge in [-0.1, -0.05) is 13.8 Å². The molecule has 3 N–H and O–H groups in total. The van der Waals surface area contributed by atoms with Crippen LogP contribution in [0.4, 0.5) is 11.4 Å². The van der Waals surface area contributed by atoms with Crippen LogP contribution >= 0.6 is 0 Å². The van der Waals surface area contributed by atoms with E-state index in [9.17, 15) is 4.79 Å². The average Bonchev–Trinajstić information content (AvgIpc) is 2.83. The summed E-state index contributed by atoms with van der Waals surface area (Å²) < 4.78 is 1.77. The number of benzene rings is 1. The highest BCUT2D eigenvalue weighted by molar-refractivity contribution is 5.90. The Morgan fingerprint density at radius 1 is 1.25 bits per heavy atom. The van der Waals surface area contributed by atoms with Crippen molar-refractivity contribution >= 4 is 17.3 Å². The fourth-order valence-electron chi connectivity index (χ4n) is 2.01. The van der Waals surface area contributed by atoms with E-state index in [1.165, 1.54) is 0 Å². The molecule has 0 aliphatic carbocycles. The maximum atomic E-state index is 12.0. The third-order valence-corrected chi connectivity index (χ3v) is 3.13. The molecule has 0 radical (unpaired) electrons. The van der Waals surface area contributed by atoms with E-state index in [0.717, 1.165) is 29.9 Å². The van der Waals surface area contributed by atoms with Crippen molar-refractivity contribution in [2.24, 2.45) is 0 Å². The molecule has 0 bridgehead atoms. The molecule has 0 spiro atoms. The van der Waals surface area contributed by atoms with Crippen molar-refractivity contribution in [1.82, 2.24) is 9.78 Å². The highest BCUT2D eigenvalue weighted by atomic mass is 16.2. The third kappa shape index (κ3) is 3.38. The van der Waals surface area contributed by atoms with Crippen LogP contribution in [0, 0.1) is 0 Å². The maximum Gasteiger partial charge on any atom is 0.246 e. The topological polar surface area (TPSA) is 72.9 Å². The van der Waals surface area contributed by atoms with E-state index in [2.05, 4.69) is 30.3 Å². The molecule has 20 heavy (non-hydrogen) atoms. The minimum Gasteiger partial charge on any atom is -0.399 e. The number of nitrogens with zero attached hydrogens (tertiary/aromatic N) is 2. The normalized spacial score (nSPS) is 10.5. The van der Waals surface area contributed by atoms with E-state index in [4.69, 9.17) is 5.73 Å². The second-order valence-corrected chi connectivity index (χ2v) is 4.66. The van der Waals surface area contributed by atoms with E-state index >= 15 is 0 Å². The Kier molecular flexibility index (Phi) is 4.40. The highest BCUT2D eigenvalue weighted by Crippen LogP contribution is 2.11. The van der Waals surface area contributed by atoms with Crippen molar-refractivity contribution in [2.45, 2.75) is 33.2 Å². The quantitative estimate of drug-likeness (QED) is 0.820. The minimum atomic E-state index is -0.0878. The second kappa shape index (κ2) is 6.23. The smallest absolute Gasteiger partial charge is 0.246 e. The van der Waals surface area contributed by atoms with E-state index in [0.29, 0.717) is 5.69 Å². The van der Waals surface area contributed by atoms with E-state index in [-0.39, 0.29) is 12.5 Å². The Balaban J connectivity index is 2.04. The Bertz CT molecular complexity index is 586. The van der Waals surface area contributed by atoms with Gasteiger partial charge < -0.3 is 11.1 Å². The molecule has 1 aromatic heterocycles. The molecule has 2 aromatic rings. The average molecular weight is 272 g/mol. The van der Waals surface area contributed by atoms with Gasteiger partial charge in [0, 0.05) is 17.1 Å². The van der Waals surface area contributed by atoms with E-state index < -0.39 is 0 Å². The third-order valence-electron chi connectivity index (χ3n) is 3.13. The number of carbonyl (C=O) groups is 1. The van der Waals surface area contributed by atoms with Crippen LogP contribution in [-0.4, -0.2) is 15.7 Å². The van der Waals surface area contributed by atoms with E-state index in [1.807, 2.05) is 0 Å². The summed E-state index contributed by atoms with van der Waals surface area (Å²) in [5.41, 5.74) is 9.12. The van der Waals surface area contributed by atoms with Gasteiger partial charge in [0.2, 0.25) is 5.91 Å². The fraction of sp³-hybridized carbons (Fsp3) is 0.333. The largest absolute Gasteiger partial charge is 0.399 e. The molecular weight excluding hydrogens is 252 g/mol. The van der Waals surface area contributed by atoms with Crippen LogP contribution in [-0.2, 0) is 24.2 Å². The molecule has 0 aliphatic rings. The molecule has 0 aliphatic heterocycles. The van der Waals surface area contributed by atoms with Gasteiger partial charge in [-0.3, -0.25) is 9.48 Å². The highest BCUT2D eigenvalue weighted by Gasteiger charge is 2.09. The number of carbonyl (C=O) groups excluding carboxylic acids is 1. The van der Waals surface area contributed by atoms with Gasteiger partial charge in [-0.15, -0.1) is 0 Å². The number of hydrogen-bond donors (Lipinski definition) is 2. The molecule has 0 fully saturated rings. The first-order chi connectivity index (χ1) is 9.62. The summed E-state index contributed by atoms with van der Waals surface area (Å²) in [6.07, 6.45) is 1.74. The first kappa shape index (κ1) is 14.1. The number of nitrogen functional groups attached to an aromatic ring is 1. The number of nitrogens with one attached hydrogen (secondary N) is 1. The zero-order valence-corrected chi connectivity index (χ0v) is 11.9. The summed E-state index contributed by atoms with van der Waals surface area (Å²) in [7, 11) is 0. The molecule has 0 saturated carbocycles. The summed E-state index contributed by atoms with van der Waals surface area (Å²) in [6, 6.07) is 9.14. The molecule has 2 rings (SSSR count). The molecule has 1 aromatic carbocycles. The number of rotatable bonds is 5. The van der Waals surface area contributed by atoms with Crippen molar-refractivity contribution in [2.75, 3.05) is 11.1 Å². The molecule has 0 unspecified atom stereocenters. The van der Waals surface area contributed by atoms with Crippen LogP contribution in [0.3, 0.4) is 0 Å². The molecule has 1 amide bonds. The summed E-state index contributed by atoms with van der Waals surface area (Å²) in [5, 5.41) is 7.27. The Hall–Kier alpha value is -2.30. The Morgan fingerprint density at radius 3 is 2.55 bits per heavy atom. The van der Waals surface area contributed by atoms with Gasteiger partial charge in [-0.2, -0.15) is 5.10 Å². The number of aromatic nitrogens is 2. The van der Waals surface area contributed by atoms with Gasteiger partial charge in [0.15, 0.2) is 0 Å². The molecule has 1 heterocycles. The van der Waals surface area contributed by atoms with Crippen molar-refractivity contribution in [1.29, 1.82) is 0 Å². The summed E-state index contributed by atoms with van der Waals surface area (Å²) in [4.78, 5) is 12.0. The van der Waals surface area contributed by atoms with Gasteiger partial charge in [-0.25, -0.2) is 0 Å². The number of hydrogen-bond acceptors (Lipinski definition) is 3. The van der Waals surface area contributed by atoms with Gasteiger partial charge in [0.25, 0.3) is 0 Å². The lowest BCUT2D eigenvalue weighted by molar-refractivity contribution is -0.116. The summed E-state index contributed by atoms with van der Waals surface area (Å²) >= 11 is 0. The molecule has 106 valence electrons. The predicted molar refractivity (Wildman–Crippen MR) is 80.5 cm³/mol. The van der Waals surface area contributed by atoms with Crippen molar-refractivity contribution in [3.63, 3.8) is 0 Å². The fourth-order valence-corrected chi connectivity index (χ4v) is 2.01. The maximum absolute atomic E-state index is 12.0. The van der Waals surface area contributed by atoms with Crippen LogP contribution in [0.1, 0.15) is 25.2 Å². The second-order valence-electron chi connectivity index (χ2n) is 4.66. The number of anilines is 2. The van der Waals surface area contributed by atoms with Crippen LogP contribution < -0.4 is 11.1 Å². The number of aryl methyl sites for hydroxylation is 2. The van der Waals surface area contributed by atoms with Crippen LogP contribution in [0.2, 0.25) is 0 Å². The van der Waals surface area contributed by atoms with Gasteiger partial charge in [0.1, 0.15) is 6.54 Å². The SMILES string of the molecule is CCc1cc(CC)n(CC(=O)Nc2ccc(N)cc2)n1. The van der Waals surface area contributed by atoms with Crippen molar-refractivity contribution < 1.29 is 4.79 Å². The zero-order chi connectivity index (χ0) is 14.5. The van der Waals surface area contributed by atoms with Crippen LogP contribution in [0.15, 0.2) is 30.3 Å². The van der Waals surface area contributed by atoms with Crippen molar-refractivity contribution in [3.8, 4) is 0 Å². The lowest BCUT2D eigenvalue weighted by Crippen LogP contribution is -2.20. The lowest BCUT2D eigenvalue weighted by atomic mass is 10.2. The van der Waals surface area contributed by atoms with E-state index in [1.54, 1.807) is 28.9 Å². The molecule has 0 atom stereocenters. The predicted octanol–water partition coefficient (Wildman–Crippen LogP) is 2.23.